The molecular weight excluding hydrogens is 236 g/mol. The van der Waals surface area contributed by atoms with Crippen LogP contribution in [0.25, 0.3) is 0 Å². The van der Waals surface area contributed by atoms with Crippen LogP contribution in [0.15, 0.2) is 0 Å². The third-order valence-corrected chi connectivity index (χ3v) is 4.46. The fourth-order valence-corrected chi connectivity index (χ4v) is 3.44. The molecule has 2 fully saturated rings. The zero-order chi connectivity index (χ0) is 13.6. The zero-order valence-electron chi connectivity index (χ0n) is 11.3. The summed E-state index contributed by atoms with van der Waals surface area (Å²) >= 11 is 0. The van der Waals surface area contributed by atoms with Crippen LogP contribution in [-0.4, -0.2) is 38.4 Å². The summed E-state index contributed by atoms with van der Waals surface area (Å²) in [5, 5.41) is 0. The van der Waals surface area contributed by atoms with Gasteiger partial charge in [-0.15, -0.1) is 0 Å². The highest BCUT2D eigenvalue weighted by Gasteiger charge is 2.62. The number of ether oxygens (including phenoxy) is 3. The van der Waals surface area contributed by atoms with Crippen LogP contribution in [0.3, 0.4) is 0 Å². The van der Waals surface area contributed by atoms with Crippen LogP contribution in [0.1, 0.15) is 26.7 Å². The quantitative estimate of drug-likeness (QED) is 0.548. The lowest BCUT2D eigenvalue weighted by atomic mass is 9.82. The minimum Gasteiger partial charge on any atom is -0.468 e. The van der Waals surface area contributed by atoms with Crippen LogP contribution in [0, 0.1) is 17.3 Å². The summed E-state index contributed by atoms with van der Waals surface area (Å²) in [6.07, 6.45) is 0.907. The highest BCUT2D eigenvalue weighted by molar-refractivity contribution is 6.00. The Morgan fingerprint density at radius 2 is 1.67 bits per heavy atom. The van der Waals surface area contributed by atoms with Crippen molar-refractivity contribution >= 4 is 11.9 Å². The van der Waals surface area contributed by atoms with E-state index in [0.717, 1.165) is 0 Å². The van der Waals surface area contributed by atoms with Crippen molar-refractivity contribution in [3.63, 3.8) is 0 Å². The van der Waals surface area contributed by atoms with E-state index in [2.05, 4.69) is 0 Å². The van der Waals surface area contributed by atoms with Gasteiger partial charge in [-0.2, -0.15) is 0 Å². The Labute approximate surface area is 107 Å². The standard InChI is InChI=1S/C13H20O5/c1-12(2)9-6-13(10(14)16-3,11(15)17-4)5-8(9)7-18-12/h8-9H,5-7H2,1-4H3/t8-,9-/m1/s1. The number of hydrogen-bond acceptors (Lipinski definition) is 5. The van der Waals surface area contributed by atoms with Gasteiger partial charge in [0.1, 0.15) is 0 Å². The molecule has 2 atom stereocenters. The Morgan fingerprint density at radius 1 is 1.11 bits per heavy atom. The van der Waals surface area contributed by atoms with Crippen LogP contribution in [-0.2, 0) is 23.8 Å². The Morgan fingerprint density at radius 3 is 2.11 bits per heavy atom. The Kier molecular flexibility index (Phi) is 3.13. The smallest absolute Gasteiger partial charge is 0.323 e. The van der Waals surface area contributed by atoms with Crippen molar-refractivity contribution in [3.05, 3.63) is 0 Å². The molecule has 1 aliphatic carbocycles. The van der Waals surface area contributed by atoms with Gasteiger partial charge in [0, 0.05) is 0 Å². The van der Waals surface area contributed by atoms with Gasteiger partial charge in [0.05, 0.1) is 26.4 Å². The molecule has 0 unspecified atom stereocenters. The van der Waals surface area contributed by atoms with Crippen molar-refractivity contribution in [3.8, 4) is 0 Å². The van der Waals surface area contributed by atoms with Gasteiger partial charge >= 0.3 is 11.9 Å². The van der Waals surface area contributed by atoms with Crippen LogP contribution < -0.4 is 0 Å². The van der Waals surface area contributed by atoms with Crippen LogP contribution in [0.2, 0.25) is 0 Å². The number of fused-ring (bicyclic) bond motifs is 1. The number of carbonyl (C=O) groups is 2. The minimum absolute atomic E-state index is 0.190. The molecule has 18 heavy (non-hydrogen) atoms. The van der Waals surface area contributed by atoms with E-state index in [9.17, 15) is 9.59 Å². The molecule has 0 amide bonds. The van der Waals surface area contributed by atoms with Gasteiger partial charge in [-0.1, -0.05) is 0 Å². The number of hydrogen-bond donors (Lipinski definition) is 0. The largest absolute Gasteiger partial charge is 0.468 e. The summed E-state index contributed by atoms with van der Waals surface area (Å²) in [5.74, 6) is -0.562. The van der Waals surface area contributed by atoms with Crippen LogP contribution in [0.5, 0.6) is 0 Å². The van der Waals surface area contributed by atoms with Crippen LogP contribution in [0.4, 0.5) is 0 Å². The molecule has 0 N–H and O–H groups in total. The number of rotatable bonds is 2. The average molecular weight is 256 g/mol. The van der Waals surface area contributed by atoms with Crippen molar-refractivity contribution in [1.82, 2.24) is 0 Å². The number of esters is 2. The molecule has 1 saturated heterocycles. The fourth-order valence-electron chi connectivity index (χ4n) is 3.44. The second-order valence-electron chi connectivity index (χ2n) is 5.75. The van der Waals surface area contributed by atoms with E-state index in [4.69, 9.17) is 14.2 Å². The third kappa shape index (κ3) is 1.72. The van der Waals surface area contributed by atoms with E-state index in [0.29, 0.717) is 19.4 Å². The van der Waals surface area contributed by atoms with Crippen LogP contribution >= 0.6 is 0 Å². The number of carbonyl (C=O) groups excluding carboxylic acids is 2. The fraction of sp³-hybridized carbons (Fsp3) is 0.846. The van der Waals surface area contributed by atoms with Gasteiger partial charge in [-0.3, -0.25) is 9.59 Å². The molecular formula is C13H20O5. The minimum atomic E-state index is -1.14. The summed E-state index contributed by atoms with van der Waals surface area (Å²) in [7, 11) is 2.62. The van der Waals surface area contributed by atoms with Gasteiger partial charge in [0.15, 0.2) is 5.41 Å². The maximum atomic E-state index is 12.0. The summed E-state index contributed by atoms with van der Waals surface area (Å²) in [6.45, 7) is 4.60. The molecule has 0 spiro atoms. The second kappa shape index (κ2) is 4.23. The Hall–Kier alpha value is -1.10. The Balaban J connectivity index is 2.31. The van der Waals surface area contributed by atoms with Gasteiger partial charge in [-0.05, 0) is 38.5 Å². The van der Waals surface area contributed by atoms with Gasteiger partial charge in [0.25, 0.3) is 0 Å². The van der Waals surface area contributed by atoms with E-state index < -0.39 is 17.4 Å². The van der Waals surface area contributed by atoms with Crippen molar-refractivity contribution in [2.45, 2.75) is 32.3 Å². The predicted molar refractivity (Wildman–Crippen MR) is 62.7 cm³/mol. The molecule has 1 heterocycles. The zero-order valence-corrected chi connectivity index (χ0v) is 11.3. The average Bonchev–Trinajstić information content (AvgIpc) is 2.86. The molecule has 1 aliphatic heterocycles. The molecule has 2 aliphatic rings. The lowest BCUT2D eigenvalue weighted by molar-refractivity contribution is -0.170. The van der Waals surface area contributed by atoms with Crippen molar-refractivity contribution in [1.29, 1.82) is 0 Å². The lowest BCUT2D eigenvalue weighted by Crippen LogP contribution is -2.41. The summed E-state index contributed by atoms with van der Waals surface area (Å²) < 4.78 is 15.3. The first kappa shape index (κ1) is 13.3. The van der Waals surface area contributed by atoms with Crippen molar-refractivity contribution in [2.24, 2.45) is 17.3 Å². The number of methoxy groups -OCH3 is 2. The first-order valence-electron chi connectivity index (χ1n) is 6.18. The van der Waals surface area contributed by atoms with E-state index in [1.54, 1.807) is 0 Å². The van der Waals surface area contributed by atoms with Gasteiger partial charge in [-0.25, -0.2) is 0 Å². The summed E-state index contributed by atoms with van der Waals surface area (Å²) in [5.41, 5.74) is -1.44. The van der Waals surface area contributed by atoms with Gasteiger partial charge < -0.3 is 14.2 Å². The lowest BCUT2D eigenvalue weighted by Gasteiger charge is -2.28. The van der Waals surface area contributed by atoms with E-state index in [1.165, 1.54) is 14.2 Å². The normalized spacial score (nSPS) is 31.8. The first-order valence-corrected chi connectivity index (χ1v) is 6.18. The molecule has 5 heteroatoms. The van der Waals surface area contributed by atoms with Crippen molar-refractivity contribution in [2.75, 3.05) is 20.8 Å². The molecule has 1 saturated carbocycles. The molecule has 0 aromatic rings. The third-order valence-electron chi connectivity index (χ3n) is 4.46. The highest BCUT2D eigenvalue weighted by Crippen LogP contribution is 2.55. The molecule has 0 aromatic carbocycles. The topological polar surface area (TPSA) is 61.8 Å². The molecule has 5 nitrogen and oxygen atoms in total. The van der Waals surface area contributed by atoms with E-state index in [-0.39, 0.29) is 17.4 Å². The van der Waals surface area contributed by atoms with E-state index >= 15 is 0 Å². The monoisotopic (exact) mass is 256 g/mol. The molecule has 0 radical (unpaired) electrons. The Bertz CT molecular complexity index is 358. The summed E-state index contributed by atoms with van der Waals surface area (Å²) in [6, 6.07) is 0. The molecule has 0 bridgehead atoms. The maximum absolute atomic E-state index is 12.0. The molecule has 102 valence electrons. The van der Waals surface area contributed by atoms with Crippen molar-refractivity contribution < 1.29 is 23.8 Å². The summed E-state index contributed by atoms with van der Waals surface area (Å²) in [4.78, 5) is 24.0. The maximum Gasteiger partial charge on any atom is 0.323 e. The second-order valence-corrected chi connectivity index (χ2v) is 5.75. The highest BCUT2D eigenvalue weighted by atomic mass is 16.5. The van der Waals surface area contributed by atoms with Gasteiger partial charge in [0.2, 0.25) is 0 Å². The SMILES string of the molecule is COC(=O)C1(C(=O)OC)C[C@@H]2COC(C)(C)[C@@H]2C1. The molecule has 2 rings (SSSR count). The first-order chi connectivity index (χ1) is 8.37. The predicted octanol–water partition coefficient (Wildman–Crippen LogP) is 1.15. The molecule has 0 aromatic heterocycles. The van der Waals surface area contributed by atoms with E-state index in [1.807, 2.05) is 13.8 Å².